The Bertz CT molecular complexity index is 662. The van der Waals surface area contributed by atoms with Crippen LogP contribution in [0.2, 0.25) is 5.02 Å². The van der Waals surface area contributed by atoms with Gasteiger partial charge in [-0.15, -0.1) is 10.2 Å². The number of benzene rings is 1. The van der Waals surface area contributed by atoms with Crippen LogP contribution < -0.4 is 4.74 Å². The minimum atomic E-state index is -0.974. The van der Waals surface area contributed by atoms with Crippen molar-refractivity contribution >= 4 is 29.3 Å². The molecule has 21 heavy (non-hydrogen) atoms. The summed E-state index contributed by atoms with van der Waals surface area (Å²) in [4.78, 5) is 10.7. The number of aliphatic hydroxyl groups excluding tert-OH is 1. The number of carboxylic acid groups (broad SMARTS) is 1. The third kappa shape index (κ3) is 3.46. The Morgan fingerprint density at radius 1 is 1.48 bits per heavy atom. The van der Waals surface area contributed by atoms with E-state index in [4.69, 9.17) is 21.4 Å². The molecule has 9 heteroatoms. The van der Waals surface area contributed by atoms with Crippen molar-refractivity contribution in [2.24, 2.45) is 0 Å². The van der Waals surface area contributed by atoms with Gasteiger partial charge >= 0.3 is 5.97 Å². The Labute approximate surface area is 129 Å². The number of hydrogen-bond acceptors (Lipinski definition) is 6. The Hall–Kier alpha value is -1.77. The van der Waals surface area contributed by atoms with Gasteiger partial charge < -0.3 is 14.9 Å². The van der Waals surface area contributed by atoms with Gasteiger partial charge in [0.2, 0.25) is 0 Å². The number of thioether (sulfide) groups is 1. The summed E-state index contributed by atoms with van der Waals surface area (Å²) in [6.45, 7) is -0.351. The van der Waals surface area contributed by atoms with Crippen molar-refractivity contribution in [1.29, 1.82) is 0 Å². The molecule has 0 aliphatic heterocycles. The molecule has 112 valence electrons. The van der Waals surface area contributed by atoms with Gasteiger partial charge in [-0.05, 0) is 18.2 Å². The van der Waals surface area contributed by atoms with Gasteiger partial charge in [-0.25, -0.2) is 0 Å². The highest BCUT2D eigenvalue weighted by atomic mass is 35.5. The number of aliphatic carboxylic acids is 1. The molecule has 0 radical (unpaired) electrons. The Morgan fingerprint density at radius 3 is 2.86 bits per heavy atom. The van der Waals surface area contributed by atoms with Crippen LogP contribution in [-0.2, 0) is 11.4 Å². The van der Waals surface area contributed by atoms with Crippen molar-refractivity contribution < 1.29 is 19.7 Å². The highest BCUT2D eigenvalue weighted by molar-refractivity contribution is 7.99. The zero-order valence-electron chi connectivity index (χ0n) is 11.0. The van der Waals surface area contributed by atoms with Crippen LogP contribution in [-0.4, -0.2) is 43.8 Å². The van der Waals surface area contributed by atoms with Gasteiger partial charge in [0.15, 0.2) is 11.0 Å². The fourth-order valence-corrected chi connectivity index (χ4v) is 2.55. The smallest absolute Gasteiger partial charge is 0.313 e. The van der Waals surface area contributed by atoms with Gasteiger partial charge in [0.1, 0.15) is 12.4 Å². The van der Waals surface area contributed by atoms with Gasteiger partial charge in [0, 0.05) is 5.02 Å². The van der Waals surface area contributed by atoms with Crippen molar-refractivity contribution in [3.63, 3.8) is 0 Å². The van der Waals surface area contributed by atoms with Gasteiger partial charge in [-0.2, -0.15) is 0 Å². The summed E-state index contributed by atoms with van der Waals surface area (Å²) in [7, 11) is 1.50. The topological polar surface area (TPSA) is 97.5 Å². The van der Waals surface area contributed by atoms with E-state index in [9.17, 15) is 9.90 Å². The molecule has 1 aromatic carbocycles. The van der Waals surface area contributed by atoms with E-state index in [0.717, 1.165) is 11.8 Å². The second-order valence-corrected chi connectivity index (χ2v) is 5.27. The van der Waals surface area contributed by atoms with Gasteiger partial charge in [-0.1, -0.05) is 23.4 Å². The number of carbonyl (C=O) groups is 1. The van der Waals surface area contributed by atoms with E-state index in [0.29, 0.717) is 21.6 Å². The quantitative estimate of drug-likeness (QED) is 0.777. The Morgan fingerprint density at radius 2 is 2.24 bits per heavy atom. The standard InChI is InChI=1S/C12H12ClN3O4S/c1-20-9-3-2-7(13)4-8(9)16-10(5-17)14-15-12(16)21-6-11(18)19/h2-4,17H,5-6H2,1H3,(H,18,19). The number of ether oxygens (including phenoxy) is 1. The molecule has 0 bridgehead atoms. The summed E-state index contributed by atoms with van der Waals surface area (Å²) in [5.41, 5.74) is 0.534. The summed E-state index contributed by atoms with van der Waals surface area (Å²) < 4.78 is 6.79. The molecular formula is C12H12ClN3O4S. The lowest BCUT2D eigenvalue weighted by Crippen LogP contribution is -2.06. The van der Waals surface area contributed by atoms with Crippen LogP contribution in [0.1, 0.15) is 5.82 Å². The van der Waals surface area contributed by atoms with Crippen LogP contribution in [0.15, 0.2) is 23.4 Å². The Kier molecular flexibility index (Phi) is 5.05. The maximum atomic E-state index is 10.7. The summed E-state index contributed by atoms with van der Waals surface area (Å²) in [6.07, 6.45) is 0. The predicted octanol–water partition coefficient (Wildman–Crippen LogP) is 1.60. The molecule has 0 atom stereocenters. The normalized spacial score (nSPS) is 10.6. The van der Waals surface area contributed by atoms with E-state index in [1.807, 2.05) is 0 Å². The van der Waals surface area contributed by atoms with Gasteiger partial charge in [-0.3, -0.25) is 9.36 Å². The fraction of sp³-hybridized carbons (Fsp3) is 0.250. The monoisotopic (exact) mass is 329 g/mol. The first-order valence-electron chi connectivity index (χ1n) is 5.80. The van der Waals surface area contributed by atoms with Crippen LogP contribution in [0.25, 0.3) is 5.69 Å². The van der Waals surface area contributed by atoms with Gasteiger partial charge in [0.05, 0.1) is 18.6 Å². The van der Waals surface area contributed by atoms with E-state index in [1.165, 1.54) is 11.7 Å². The molecule has 1 aromatic heterocycles. The van der Waals surface area contributed by atoms with Crippen molar-refractivity contribution in [3.8, 4) is 11.4 Å². The summed E-state index contributed by atoms with van der Waals surface area (Å²) in [5, 5.41) is 26.7. The number of halogens is 1. The first-order valence-corrected chi connectivity index (χ1v) is 7.16. The number of rotatable bonds is 6. The number of aromatic nitrogens is 3. The first-order chi connectivity index (χ1) is 10.1. The van der Waals surface area contributed by atoms with Crippen molar-refractivity contribution in [2.75, 3.05) is 12.9 Å². The van der Waals surface area contributed by atoms with Gasteiger partial charge in [0.25, 0.3) is 0 Å². The number of carboxylic acids is 1. The molecule has 1 heterocycles. The zero-order chi connectivity index (χ0) is 15.4. The molecule has 0 unspecified atom stereocenters. The highest BCUT2D eigenvalue weighted by Crippen LogP contribution is 2.31. The molecule has 2 aromatic rings. The lowest BCUT2D eigenvalue weighted by atomic mass is 10.3. The molecule has 0 saturated heterocycles. The van der Waals surface area contributed by atoms with Crippen molar-refractivity contribution in [2.45, 2.75) is 11.8 Å². The van der Waals surface area contributed by atoms with Crippen molar-refractivity contribution in [1.82, 2.24) is 14.8 Å². The van der Waals surface area contributed by atoms with E-state index in [1.54, 1.807) is 18.2 Å². The second-order valence-electron chi connectivity index (χ2n) is 3.89. The minimum absolute atomic E-state index is 0.174. The van der Waals surface area contributed by atoms with Crippen molar-refractivity contribution in [3.05, 3.63) is 29.0 Å². The third-order valence-corrected chi connectivity index (χ3v) is 3.70. The largest absolute Gasteiger partial charge is 0.495 e. The molecule has 2 N–H and O–H groups in total. The highest BCUT2D eigenvalue weighted by Gasteiger charge is 2.18. The van der Waals surface area contributed by atoms with Crippen LogP contribution >= 0.6 is 23.4 Å². The summed E-state index contributed by atoms with van der Waals surface area (Å²) in [5.74, 6) is -0.375. The molecular weight excluding hydrogens is 318 g/mol. The molecule has 0 amide bonds. The fourth-order valence-electron chi connectivity index (χ4n) is 1.70. The number of aliphatic hydroxyl groups is 1. The number of nitrogens with zero attached hydrogens (tertiary/aromatic N) is 3. The predicted molar refractivity (Wildman–Crippen MR) is 77.2 cm³/mol. The molecule has 0 fully saturated rings. The van der Waals surface area contributed by atoms with E-state index in [-0.39, 0.29) is 18.2 Å². The molecule has 0 spiro atoms. The first kappa shape index (κ1) is 15.6. The number of methoxy groups -OCH3 is 1. The lowest BCUT2D eigenvalue weighted by molar-refractivity contribution is -0.133. The van der Waals surface area contributed by atoms with E-state index >= 15 is 0 Å². The van der Waals surface area contributed by atoms with E-state index < -0.39 is 5.97 Å². The second kappa shape index (κ2) is 6.79. The molecule has 7 nitrogen and oxygen atoms in total. The van der Waals surface area contributed by atoms with Crippen LogP contribution in [0, 0.1) is 0 Å². The van der Waals surface area contributed by atoms with E-state index in [2.05, 4.69) is 10.2 Å². The average molecular weight is 330 g/mol. The molecule has 2 rings (SSSR count). The van der Waals surface area contributed by atoms with Crippen LogP contribution in [0.5, 0.6) is 5.75 Å². The lowest BCUT2D eigenvalue weighted by Gasteiger charge is -2.13. The molecule has 0 aliphatic carbocycles. The molecule has 0 saturated carbocycles. The zero-order valence-corrected chi connectivity index (χ0v) is 12.6. The minimum Gasteiger partial charge on any atom is -0.495 e. The Balaban J connectivity index is 2.53. The maximum absolute atomic E-state index is 10.7. The summed E-state index contributed by atoms with van der Waals surface area (Å²) in [6, 6.07) is 4.97. The van der Waals surface area contributed by atoms with Crippen LogP contribution in [0.4, 0.5) is 0 Å². The van der Waals surface area contributed by atoms with Crippen LogP contribution in [0.3, 0.4) is 0 Å². The SMILES string of the molecule is COc1ccc(Cl)cc1-n1c(CO)nnc1SCC(=O)O. The summed E-state index contributed by atoms with van der Waals surface area (Å²) >= 11 is 6.98. The average Bonchev–Trinajstić information content (AvgIpc) is 2.87. The number of hydrogen-bond donors (Lipinski definition) is 2. The maximum Gasteiger partial charge on any atom is 0.313 e. The third-order valence-electron chi connectivity index (χ3n) is 2.55. The molecule has 0 aliphatic rings.